The van der Waals surface area contributed by atoms with Gasteiger partial charge in [0.05, 0.1) is 12.8 Å². The van der Waals surface area contributed by atoms with E-state index in [1.54, 1.807) is 12.1 Å². The zero-order chi connectivity index (χ0) is 20.9. The van der Waals surface area contributed by atoms with E-state index >= 15 is 0 Å². The van der Waals surface area contributed by atoms with Gasteiger partial charge in [-0.3, -0.25) is 0 Å². The van der Waals surface area contributed by atoms with Crippen LogP contribution < -0.4 is 15.9 Å². The zero-order valence-electron chi connectivity index (χ0n) is 16.2. The lowest BCUT2D eigenvalue weighted by molar-refractivity contribution is 0.0944. The van der Waals surface area contributed by atoms with Crippen molar-refractivity contribution in [3.8, 4) is 5.75 Å². The zero-order valence-corrected chi connectivity index (χ0v) is 16.2. The second-order valence-corrected chi connectivity index (χ2v) is 6.88. The van der Waals surface area contributed by atoms with E-state index in [0.29, 0.717) is 17.9 Å². The molecule has 30 heavy (non-hydrogen) atoms. The number of urea groups is 1. The molecule has 7 heteroatoms. The maximum atomic E-state index is 10.8. The first-order valence-corrected chi connectivity index (χ1v) is 9.58. The third-order valence-corrected chi connectivity index (χ3v) is 4.80. The largest absolute Gasteiger partial charge is 0.490 e. The molecule has 7 nitrogen and oxygen atoms in total. The lowest BCUT2D eigenvalue weighted by atomic mass is 10.2. The van der Waals surface area contributed by atoms with E-state index in [9.17, 15) is 9.90 Å². The number of aromatic nitrogens is 1. The van der Waals surface area contributed by atoms with Gasteiger partial charge in [0.1, 0.15) is 18.5 Å². The van der Waals surface area contributed by atoms with Crippen LogP contribution in [0.5, 0.6) is 5.75 Å². The fraction of sp³-hybridized carbons (Fsp3) is 0.130. The van der Waals surface area contributed by atoms with Crippen LogP contribution in [0, 0.1) is 0 Å². The number of primary amides is 1. The normalized spacial score (nSPS) is 12.4. The molecule has 0 aliphatic heterocycles. The maximum Gasteiger partial charge on any atom is 0.332 e. The van der Waals surface area contributed by atoms with Crippen LogP contribution in [0.4, 0.5) is 4.79 Å². The number of hydrazone groups is 1. The van der Waals surface area contributed by atoms with Crippen molar-refractivity contribution >= 4 is 34.1 Å². The summed E-state index contributed by atoms with van der Waals surface area (Å²) < 4.78 is 7.94. The molecule has 1 aromatic heterocycles. The first-order valence-electron chi connectivity index (χ1n) is 9.58. The summed E-state index contributed by atoms with van der Waals surface area (Å²) in [7, 11) is 0. The van der Waals surface area contributed by atoms with Crippen molar-refractivity contribution in [1.29, 1.82) is 0 Å². The van der Waals surface area contributed by atoms with E-state index in [1.165, 1.54) is 6.21 Å². The highest BCUT2D eigenvalue weighted by Gasteiger charge is 2.14. The molecule has 152 valence electrons. The molecule has 1 unspecified atom stereocenters. The smallest absolute Gasteiger partial charge is 0.332 e. The van der Waals surface area contributed by atoms with Gasteiger partial charge in [0.2, 0.25) is 0 Å². The molecule has 0 saturated heterocycles. The molecule has 1 atom stereocenters. The maximum absolute atomic E-state index is 10.8. The second kappa shape index (κ2) is 8.67. The summed E-state index contributed by atoms with van der Waals surface area (Å²) in [4.78, 5) is 10.8. The molecule has 0 bridgehead atoms. The Kier molecular flexibility index (Phi) is 5.63. The van der Waals surface area contributed by atoms with Gasteiger partial charge in [0.25, 0.3) is 0 Å². The minimum atomic E-state index is -0.744. The number of nitrogens with one attached hydrogen (secondary N) is 1. The Labute approximate surface area is 173 Å². The number of hydrogen-bond acceptors (Lipinski definition) is 4. The van der Waals surface area contributed by atoms with Gasteiger partial charge in [0.15, 0.2) is 0 Å². The number of para-hydroxylation sites is 3. The summed E-state index contributed by atoms with van der Waals surface area (Å²) in [5, 5.41) is 16.8. The first kappa shape index (κ1) is 19.5. The van der Waals surface area contributed by atoms with Gasteiger partial charge in [-0.25, -0.2) is 10.2 Å². The Balaban J connectivity index is 1.51. The topological polar surface area (TPSA) is 102 Å². The Morgan fingerprint density at radius 2 is 1.63 bits per heavy atom. The lowest BCUT2D eigenvalue weighted by Crippen LogP contribution is -2.24. The summed E-state index contributed by atoms with van der Waals surface area (Å²) in [6.07, 6.45) is 0.720. The third kappa shape index (κ3) is 4.11. The lowest BCUT2D eigenvalue weighted by Gasteiger charge is -2.16. The SMILES string of the molecule is NC(=O)N/N=C/c1ccccc1OCC(O)Cn1c2ccccc2c2ccccc21. The van der Waals surface area contributed by atoms with Crippen LogP contribution in [-0.4, -0.2) is 34.6 Å². The van der Waals surface area contributed by atoms with Crippen molar-refractivity contribution in [2.75, 3.05) is 6.61 Å². The number of rotatable bonds is 7. The number of aliphatic hydroxyl groups excluding tert-OH is 1. The molecule has 0 saturated carbocycles. The van der Waals surface area contributed by atoms with Crippen LogP contribution >= 0.6 is 0 Å². The number of nitrogens with zero attached hydrogens (tertiary/aromatic N) is 2. The van der Waals surface area contributed by atoms with Crippen molar-refractivity contribution in [2.24, 2.45) is 10.8 Å². The van der Waals surface area contributed by atoms with Gasteiger partial charge in [-0.05, 0) is 24.3 Å². The molecule has 4 N–H and O–H groups in total. The van der Waals surface area contributed by atoms with Crippen LogP contribution in [0.1, 0.15) is 5.56 Å². The van der Waals surface area contributed by atoms with Gasteiger partial charge in [-0.2, -0.15) is 5.10 Å². The molecular weight excluding hydrogens is 380 g/mol. The number of aliphatic hydroxyl groups is 1. The highest BCUT2D eigenvalue weighted by Crippen LogP contribution is 2.29. The number of benzene rings is 3. The summed E-state index contributed by atoms with van der Waals surface area (Å²) in [6.45, 7) is 0.502. The molecule has 4 aromatic rings. The minimum absolute atomic E-state index is 0.106. The molecule has 2 amide bonds. The Morgan fingerprint density at radius 3 is 2.30 bits per heavy atom. The van der Waals surface area contributed by atoms with E-state index in [-0.39, 0.29) is 6.61 Å². The summed E-state index contributed by atoms with van der Waals surface area (Å²) in [5.41, 5.74) is 9.96. The van der Waals surface area contributed by atoms with Gasteiger partial charge in [-0.15, -0.1) is 0 Å². The number of carbonyl (C=O) groups excluding carboxylic acids is 1. The van der Waals surface area contributed by atoms with Gasteiger partial charge in [-0.1, -0.05) is 48.5 Å². The number of hydrogen-bond donors (Lipinski definition) is 3. The van der Waals surface area contributed by atoms with Crippen molar-refractivity contribution in [3.63, 3.8) is 0 Å². The Hall–Kier alpha value is -3.84. The molecule has 4 rings (SSSR count). The molecule has 0 aliphatic carbocycles. The predicted molar refractivity (Wildman–Crippen MR) is 118 cm³/mol. The molecule has 1 heterocycles. The van der Waals surface area contributed by atoms with Gasteiger partial charge in [0, 0.05) is 27.4 Å². The second-order valence-electron chi connectivity index (χ2n) is 6.88. The van der Waals surface area contributed by atoms with E-state index in [4.69, 9.17) is 10.5 Å². The van der Waals surface area contributed by atoms with E-state index < -0.39 is 12.1 Å². The first-order chi connectivity index (χ1) is 14.6. The van der Waals surface area contributed by atoms with Crippen molar-refractivity contribution in [3.05, 3.63) is 78.4 Å². The fourth-order valence-electron chi connectivity index (χ4n) is 3.53. The molecule has 0 radical (unpaired) electrons. The van der Waals surface area contributed by atoms with Crippen molar-refractivity contribution < 1.29 is 14.6 Å². The fourth-order valence-corrected chi connectivity index (χ4v) is 3.53. The molecule has 0 fully saturated rings. The number of fused-ring (bicyclic) bond motifs is 3. The van der Waals surface area contributed by atoms with Crippen LogP contribution in [-0.2, 0) is 6.54 Å². The van der Waals surface area contributed by atoms with E-state index in [2.05, 4.69) is 39.4 Å². The minimum Gasteiger partial charge on any atom is -0.490 e. The standard InChI is InChI=1S/C23H22N4O3/c24-23(29)26-25-13-16-7-1-6-12-22(16)30-15-17(28)14-27-20-10-4-2-8-18(20)19-9-3-5-11-21(19)27/h1-13,17,28H,14-15H2,(H3,24,26,29)/b25-13+. The van der Waals surface area contributed by atoms with Gasteiger partial charge < -0.3 is 20.1 Å². The van der Waals surface area contributed by atoms with Crippen LogP contribution in [0.15, 0.2) is 77.9 Å². The number of ether oxygens (including phenoxy) is 1. The molecule has 3 aromatic carbocycles. The van der Waals surface area contributed by atoms with Gasteiger partial charge >= 0.3 is 6.03 Å². The average molecular weight is 402 g/mol. The summed E-state index contributed by atoms with van der Waals surface area (Å²) in [6, 6.07) is 22.8. The molecule has 0 aliphatic rings. The highest BCUT2D eigenvalue weighted by atomic mass is 16.5. The van der Waals surface area contributed by atoms with Crippen LogP contribution in [0.25, 0.3) is 21.8 Å². The quantitative estimate of drug-likeness (QED) is 0.327. The number of nitrogens with two attached hydrogens (primary N) is 1. The Bertz CT molecular complexity index is 1160. The molecule has 0 spiro atoms. The predicted octanol–water partition coefficient (Wildman–Crippen LogP) is 3.24. The van der Waals surface area contributed by atoms with Crippen LogP contribution in [0.2, 0.25) is 0 Å². The van der Waals surface area contributed by atoms with E-state index in [0.717, 1.165) is 21.8 Å². The summed E-state index contributed by atoms with van der Waals surface area (Å²) >= 11 is 0. The highest BCUT2D eigenvalue weighted by molar-refractivity contribution is 6.07. The average Bonchev–Trinajstić information content (AvgIpc) is 3.07. The van der Waals surface area contributed by atoms with Crippen molar-refractivity contribution in [1.82, 2.24) is 9.99 Å². The number of carbonyl (C=O) groups is 1. The third-order valence-electron chi connectivity index (χ3n) is 4.80. The van der Waals surface area contributed by atoms with Crippen molar-refractivity contribution in [2.45, 2.75) is 12.6 Å². The summed E-state index contributed by atoms with van der Waals surface area (Å²) in [5.74, 6) is 0.550. The van der Waals surface area contributed by atoms with Crippen LogP contribution in [0.3, 0.4) is 0 Å². The molecular formula is C23H22N4O3. The Morgan fingerprint density at radius 1 is 1.03 bits per heavy atom. The number of amides is 2. The van der Waals surface area contributed by atoms with E-state index in [1.807, 2.05) is 36.4 Å². The monoisotopic (exact) mass is 402 g/mol.